The third kappa shape index (κ3) is 4.28. The molecular formula is C17H20FNO2. The topological polar surface area (TPSA) is 44.5 Å². The van der Waals surface area contributed by atoms with Crippen LogP contribution in [-0.4, -0.2) is 13.2 Å². The molecule has 21 heavy (non-hydrogen) atoms. The largest absolute Gasteiger partial charge is 0.489 e. The number of rotatable bonds is 6. The molecule has 0 bridgehead atoms. The molecule has 2 aromatic rings. The molecule has 0 radical (unpaired) electrons. The number of benzene rings is 2. The Balaban J connectivity index is 2.04. The van der Waals surface area contributed by atoms with E-state index in [2.05, 4.69) is 0 Å². The lowest BCUT2D eigenvalue weighted by Gasteiger charge is -2.22. The Hall–Kier alpha value is -1.91. The molecule has 2 unspecified atom stereocenters. The van der Waals surface area contributed by atoms with Gasteiger partial charge in [0.2, 0.25) is 0 Å². The lowest BCUT2D eigenvalue weighted by Crippen LogP contribution is -2.28. The Labute approximate surface area is 124 Å². The van der Waals surface area contributed by atoms with Crippen LogP contribution in [-0.2, 0) is 11.3 Å². The molecule has 0 aliphatic heterocycles. The van der Waals surface area contributed by atoms with E-state index in [0.29, 0.717) is 6.61 Å². The first kappa shape index (κ1) is 15.5. The Morgan fingerprint density at radius 3 is 2.52 bits per heavy atom. The van der Waals surface area contributed by atoms with Crippen molar-refractivity contribution >= 4 is 0 Å². The zero-order chi connectivity index (χ0) is 15.2. The van der Waals surface area contributed by atoms with Gasteiger partial charge in [0.05, 0.1) is 12.6 Å². The standard InChI is InChI=1S/C17H20FNO2/c1-12(17(19)14-6-8-15(18)9-7-14)21-16-5-3-4-13(10-16)11-20-2/h3-10,12,17H,11,19H2,1-2H3. The summed E-state index contributed by atoms with van der Waals surface area (Å²) in [5.41, 5.74) is 8.04. The molecule has 0 spiro atoms. The Kier molecular flexibility index (Phi) is 5.31. The maximum atomic E-state index is 12.9. The predicted octanol–water partition coefficient (Wildman–Crippen LogP) is 3.44. The van der Waals surface area contributed by atoms with Gasteiger partial charge >= 0.3 is 0 Å². The molecule has 2 atom stereocenters. The first-order chi connectivity index (χ1) is 10.1. The van der Waals surface area contributed by atoms with E-state index in [0.717, 1.165) is 16.9 Å². The van der Waals surface area contributed by atoms with Crippen LogP contribution in [0, 0.1) is 5.82 Å². The summed E-state index contributed by atoms with van der Waals surface area (Å²) in [5, 5.41) is 0. The highest BCUT2D eigenvalue weighted by Crippen LogP contribution is 2.21. The zero-order valence-electron chi connectivity index (χ0n) is 12.3. The van der Waals surface area contributed by atoms with Gasteiger partial charge in [-0.05, 0) is 42.3 Å². The zero-order valence-corrected chi connectivity index (χ0v) is 12.3. The molecule has 112 valence electrons. The van der Waals surface area contributed by atoms with Crippen LogP contribution in [0.2, 0.25) is 0 Å². The monoisotopic (exact) mass is 289 g/mol. The molecule has 4 heteroatoms. The van der Waals surface area contributed by atoms with E-state index in [1.807, 2.05) is 31.2 Å². The summed E-state index contributed by atoms with van der Waals surface area (Å²) < 4.78 is 23.9. The highest BCUT2D eigenvalue weighted by atomic mass is 19.1. The van der Waals surface area contributed by atoms with Gasteiger partial charge in [-0.1, -0.05) is 24.3 Å². The average Bonchev–Trinajstić information content (AvgIpc) is 2.48. The summed E-state index contributed by atoms with van der Waals surface area (Å²) in [4.78, 5) is 0. The Morgan fingerprint density at radius 2 is 1.86 bits per heavy atom. The van der Waals surface area contributed by atoms with Gasteiger partial charge in [0.25, 0.3) is 0 Å². The minimum atomic E-state index is -0.323. The molecule has 0 amide bonds. The highest BCUT2D eigenvalue weighted by molar-refractivity contribution is 5.29. The van der Waals surface area contributed by atoms with Crippen LogP contribution in [0.15, 0.2) is 48.5 Å². The van der Waals surface area contributed by atoms with Crippen molar-refractivity contribution in [3.8, 4) is 5.75 Å². The summed E-state index contributed by atoms with van der Waals surface area (Å²) >= 11 is 0. The van der Waals surface area contributed by atoms with Crippen LogP contribution >= 0.6 is 0 Å². The van der Waals surface area contributed by atoms with Crippen LogP contribution in [0.3, 0.4) is 0 Å². The van der Waals surface area contributed by atoms with Crippen LogP contribution in [0.25, 0.3) is 0 Å². The van der Waals surface area contributed by atoms with Crippen molar-refractivity contribution in [3.05, 3.63) is 65.5 Å². The highest BCUT2D eigenvalue weighted by Gasteiger charge is 2.16. The van der Waals surface area contributed by atoms with Crippen molar-refractivity contribution in [2.24, 2.45) is 5.73 Å². The second-order valence-corrected chi connectivity index (χ2v) is 4.98. The van der Waals surface area contributed by atoms with E-state index in [-0.39, 0.29) is 18.0 Å². The minimum absolute atomic E-state index is 0.228. The first-order valence-electron chi connectivity index (χ1n) is 6.85. The molecule has 0 aromatic heterocycles. The second kappa shape index (κ2) is 7.20. The summed E-state index contributed by atoms with van der Waals surface area (Å²) in [5.74, 6) is 0.474. The van der Waals surface area contributed by atoms with E-state index >= 15 is 0 Å². The molecule has 0 saturated carbocycles. The summed E-state index contributed by atoms with van der Waals surface area (Å²) in [6, 6.07) is 13.5. The third-order valence-electron chi connectivity index (χ3n) is 3.29. The van der Waals surface area contributed by atoms with Crippen molar-refractivity contribution in [1.82, 2.24) is 0 Å². The van der Waals surface area contributed by atoms with E-state index < -0.39 is 0 Å². The maximum Gasteiger partial charge on any atom is 0.123 e. The smallest absolute Gasteiger partial charge is 0.123 e. The first-order valence-corrected chi connectivity index (χ1v) is 6.85. The molecule has 2 aromatic carbocycles. The maximum absolute atomic E-state index is 12.9. The van der Waals surface area contributed by atoms with E-state index in [1.54, 1.807) is 19.2 Å². The molecule has 0 aliphatic rings. The van der Waals surface area contributed by atoms with Gasteiger partial charge in [-0.3, -0.25) is 0 Å². The van der Waals surface area contributed by atoms with Crippen molar-refractivity contribution in [3.63, 3.8) is 0 Å². The minimum Gasteiger partial charge on any atom is -0.489 e. The van der Waals surface area contributed by atoms with Gasteiger partial charge in [-0.2, -0.15) is 0 Å². The summed E-state index contributed by atoms with van der Waals surface area (Å²) in [7, 11) is 1.65. The fraction of sp³-hybridized carbons (Fsp3) is 0.294. The van der Waals surface area contributed by atoms with Gasteiger partial charge in [0.1, 0.15) is 17.7 Å². The van der Waals surface area contributed by atoms with Gasteiger partial charge in [0, 0.05) is 7.11 Å². The fourth-order valence-corrected chi connectivity index (χ4v) is 2.12. The van der Waals surface area contributed by atoms with E-state index in [4.69, 9.17) is 15.2 Å². The number of halogens is 1. The van der Waals surface area contributed by atoms with Gasteiger partial charge in [-0.15, -0.1) is 0 Å². The van der Waals surface area contributed by atoms with Crippen LogP contribution in [0.1, 0.15) is 24.1 Å². The van der Waals surface area contributed by atoms with Gasteiger partial charge in [-0.25, -0.2) is 4.39 Å². The van der Waals surface area contributed by atoms with Crippen LogP contribution in [0.5, 0.6) is 5.75 Å². The van der Waals surface area contributed by atoms with Gasteiger partial charge < -0.3 is 15.2 Å². The number of hydrogen-bond acceptors (Lipinski definition) is 3. The molecule has 2 N–H and O–H groups in total. The second-order valence-electron chi connectivity index (χ2n) is 4.98. The molecule has 0 fully saturated rings. The molecule has 0 heterocycles. The van der Waals surface area contributed by atoms with Crippen molar-refractivity contribution in [2.45, 2.75) is 25.7 Å². The average molecular weight is 289 g/mol. The van der Waals surface area contributed by atoms with Crippen molar-refractivity contribution < 1.29 is 13.9 Å². The number of nitrogens with two attached hydrogens (primary N) is 1. The molecule has 3 nitrogen and oxygen atoms in total. The van der Waals surface area contributed by atoms with E-state index in [9.17, 15) is 4.39 Å². The molecular weight excluding hydrogens is 269 g/mol. The normalized spacial score (nSPS) is 13.7. The molecule has 2 rings (SSSR count). The van der Waals surface area contributed by atoms with E-state index in [1.165, 1.54) is 12.1 Å². The fourth-order valence-electron chi connectivity index (χ4n) is 2.12. The Bertz CT molecular complexity index is 571. The Morgan fingerprint density at radius 1 is 1.14 bits per heavy atom. The lowest BCUT2D eigenvalue weighted by atomic mass is 10.0. The van der Waals surface area contributed by atoms with Gasteiger partial charge in [0.15, 0.2) is 0 Å². The number of ether oxygens (including phenoxy) is 2. The third-order valence-corrected chi connectivity index (χ3v) is 3.29. The summed E-state index contributed by atoms with van der Waals surface area (Å²) in [6.07, 6.45) is -0.228. The molecule has 0 aliphatic carbocycles. The predicted molar refractivity (Wildman–Crippen MR) is 80.6 cm³/mol. The SMILES string of the molecule is COCc1cccc(OC(C)C(N)c2ccc(F)cc2)c1. The molecule has 0 saturated heterocycles. The number of methoxy groups -OCH3 is 1. The lowest BCUT2D eigenvalue weighted by molar-refractivity contribution is 0.179. The summed E-state index contributed by atoms with van der Waals surface area (Å²) in [6.45, 7) is 2.44. The number of hydrogen-bond donors (Lipinski definition) is 1. The van der Waals surface area contributed by atoms with Crippen molar-refractivity contribution in [2.75, 3.05) is 7.11 Å². The van der Waals surface area contributed by atoms with Crippen molar-refractivity contribution in [1.29, 1.82) is 0 Å². The quantitative estimate of drug-likeness (QED) is 0.886. The van der Waals surface area contributed by atoms with Crippen LogP contribution < -0.4 is 10.5 Å². The van der Waals surface area contributed by atoms with Crippen LogP contribution in [0.4, 0.5) is 4.39 Å².